The van der Waals surface area contributed by atoms with Gasteiger partial charge in [0.25, 0.3) is 5.91 Å². The third-order valence-electron chi connectivity index (χ3n) is 5.81. The Hall–Kier alpha value is -4.01. The number of benzene rings is 1. The van der Waals surface area contributed by atoms with Crippen LogP contribution in [0.15, 0.2) is 42.9 Å². The zero-order valence-electron chi connectivity index (χ0n) is 16.8. The Morgan fingerprint density at radius 3 is 2.68 bits per heavy atom. The minimum Gasteiger partial charge on any atom is -0.397 e. The highest BCUT2D eigenvalue weighted by Gasteiger charge is 2.39. The number of aryl methyl sites for hydroxylation is 1. The van der Waals surface area contributed by atoms with Gasteiger partial charge in [-0.05, 0) is 35.7 Å². The molecule has 3 aromatic rings. The van der Waals surface area contributed by atoms with Crippen LogP contribution in [0.25, 0.3) is 22.4 Å². The van der Waals surface area contributed by atoms with Gasteiger partial charge >= 0.3 is 0 Å². The van der Waals surface area contributed by atoms with E-state index in [9.17, 15) is 14.4 Å². The molecule has 31 heavy (non-hydrogen) atoms. The zero-order chi connectivity index (χ0) is 21.7. The maximum absolute atomic E-state index is 12.9. The quantitative estimate of drug-likeness (QED) is 0.624. The van der Waals surface area contributed by atoms with Gasteiger partial charge in [0.15, 0.2) is 0 Å². The lowest BCUT2D eigenvalue weighted by Gasteiger charge is -2.29. The second-order valence-electron chi connectivity index (χ2n) is 7.81. The molecule has 0 spiro atoms. The summed E-state index contributed by atoms with van der Waals surface area (Å²) in [7, 11) is 1.85. The van der Waals surface area contributed by atoms with Crippen molar-refractivity contribution in [2.75, 3.05) is 5.73 Å². The van der Waals surface area contributed by atoms with Crippen LogP contribution in [-0.4, -0.2) is 43.4 Å². The molecule has 5 rings (SSSR count). The summed E-state index contributed by atoms with van der Waals surface area (Å²) in [6.07, 6.45) is 5.67. The van der Waals surface area contributed by atoms with Gasteiger partial charge in [0.1, 0.15) is 6.04 Å². The van der Waals surface area contributed by atoms with Crippen LogP contribution in [0.3, 0.4) is 0 Å². The molecule has 9 heteroatoms. The SMILES string of the molecule is Cn1ncc(-c2ccc3c(c2)CN([C@H]2CCC(=O)NC2=O)C3=O)c1-c1cncc(N)c1. The number of piperidine rings is 1. The molecule has 2 aromatic heterocycles. The Kier molecular flexibility index (Phi) is 4.32. The number of aromatic nitrogens is 3. The van der Waals surface area contributed by atoms with Crippen LogP contribution >= 0.6 is 0 Å². The van der Waals surface area contributed by atoms with E-state index in [2.05, 4.69) is 15.4 Å². The average molecular weight is 416 g/mol. The molecule has 3 N–H and O–H groups in total. The number of anilines is 1. The van der Waals surface area contributed by atoms with Crippen molar-refractivity contribution in [3.8, 4) is 22.4 Å². The minimum atomic E-state index is -0.631. The number of nitrogen functional groups attached to an aromatic ring is 1. The number of hydrogen-bond donors (Lipinski definition) is 2. The summed E-state index contributed by atoms with van der Waals surface area (Å²) >= 11 is 0. The summed E-state index contributed by atoms with van der Waals surface area (Å²) in [5, 5.41) is 6.72. The number of fused-ring (bicyclic) bond motifs is 1. The van der Waals surface area contributed by atoms with E-state index in [4.69, 9.17) is 5.73 Å². The van der Waals surface area contributed by atoms with Gasteiger partial charge in [-0.15, -0.1) is 0 Å². The van der Waals surface area contributed by atoms with Crippen LogP contribution in [-0.2, 0) is 23.2 Å². The van der Waals surface area contributed by atoms with E-state index in [1.807, 2.05) is 25.2 Å². The number of nitrogens with two attached hydrogens (primary N) is 1. The Morgan fingerprint density at radius 2 is 1.90 bits per heavy atom. The summed E-state index contributed by atoms with van der Waals surface area (Å²) in [4.78, 5) is 42.4. The molecule has 4 heterocycles. The number of amides is 3. The molecule has 156 valence electrons. The predicted octanol–water partition coefficient (Wildman–Crippen LogP) is 1.49. The molecule has 1 aromatic carbocycles. The summed E-state index contributed by atoms with van der Waals surface area (Å²) in [6, 6.07) is 6.83. The predicted molar refractivity (Wildman–Crippen MR) is 112 cm³/mol. The van der Waals surface area contributed by atoms with Crippen molar-refractivity contribution >= 4 is 23.4 Å². The van der Waals surface area contributed by atoms with Gasteiger partial charge in [0.05, 0.1) is 17.6 Å². The molecule has 1 saturated heterocycles. The molecule has 0 saturated carbocycles. The van der Waals surface area contributed by atoms with Crippen LogP contribution in [0.5, 0.6) is 0 Å². The average Bonchev–Trinajstić information content (AvgIpc) is 3.28. The van der Waals surface area contributed by atoms with E-state index in [-0.39, 0.29) is 18.2 Å². The molecule has 0 bridgehead atoms. The van der Waals surface area contributed by atoms with Crippen molar-refractivity contribution in [2.24, 2.45) is 7.05 Å². The lowest BCUT2D eigenvalue weighted by atomic mass is 9.98. The van der Waals surface area contributed by atoms with Gasteiger partial charge in [-0.3, -0.25) is 29.4 Å². The molecule has 1 atom stereocenters. The molecule has 2 aliphatic rings. The van der Waals surface area contributed by atoms with Crippen molar-refractivity contribution in [3.05, 3.63) is 54.0 Å². The van der Waals surface area contributed by atoms with E-state index in [0.29, 0.717) is 24.2 Å². The third kappa shape index (κ3) is 3.14. The molecule has 0 radical (unpaired) electrons. The number of pyridine rings is 1. The Morgan fingerprint density at radius 1 is 1.06 bits per heavy atom. The fourth-order valence-electron chi connectivity index (χ4n) is 4.32. The summed E-state index contributed by atoms with van der Waals surface area (Å²) < 4.78 is 1.76. The van der Waals surface area contributed by atoms with Crippen LogP contribution < -0.4 is 11.1 Å². The normalized spacial score (nSPS) is 18.3. The first-order valence-corrected chi connectivity index (χ1v) is 9.93. The molecular formula is C22H20N6O3. The van der Waals surface area contributed by atoms with Crippen molar-refractivity contribution in [2.45, 2.75) is 25.4 Å². The van der Waals surface area contributed by atoms with Crippen LogP contribution in [0.1, 0.15) is 28.8 Å². The number of nitrogens with zero attached hydrogens (tertiary/aromatic N) is 4. The standard InChI is InChI=1S/C22H20N6O3/c1-27-20(13-7-15(23)9-24-8-13)17(10-25-27)12-2-3-16-14(6-12)11-28(22(16)31)18-4-5-19(29)26-21(18)30/h2-3,6-10,18H,4-5,11,23H2,1H3,(H,26,29,30)/t18-/m0/s1. The molecular weight excluding hydrogens is 396 g/mol. The van der Waals surface area contributed by atoms with E-state index in [1.54, 1.807) is 34.2 Å². The zero-order valence-corrected chi connectivity index (χ0v) is 16.8. The first-order chi connectivity index (χ1) is 14.9. The van der Waals surface area contributed by atoms with Gasteiger partial charge in [-0.25, -0.2) is 0 Å². The monoisotopic (exact) mass is 416 g/mol. The smallest absolute Gasteiger partial charge is 0.255 e. The topological polar surface area (TPSA) is 123 Å². The number of carbonyl (C=O) groups is 3. The first kappa shape index (κ1) is 19.0. The van der Waals surface area contributed by atoms with Crippen molar-refractivity contribution in [3.63, 3.8) is 0 Å². The Balaban J connectivity index is 1.50. The van der Waals surface area contributed by atoms with E-state index >= 15 is 0 Å². The lowest BCUT2D eigenvalue weighted by Crippen LogP contribution is -2.52. The molecule has 3 amide bonds. The number of rotatable bonds is 3. The van der Waals surface area contributed by atoms with Gasteiger partial charge in [0.2, 0.25) is 11.8 Å². The van der Waals surface area contributed by atoms with E-state index in [0.717, 1.165) is 27.9 Å². The first-order valence-electron chi connectivity index (χ1n) is 9.93. The highest BCUT2D eigenvalue weighted by molar-refractivity contribution is 6.05. The molecule has 9 nitrogen and oxygen atoms in total. The molecule has 0 unspecified atom stereocenters. The second kappa shape index (κ2) is 7.05. The van der Waals surface area contributed by atoms with E-state index < -0.39 is 11.9 Å². The minimum absolute atomic E-state index is 0.192. The highest BCUT2D eigenvalue weighted by Crippen LogP contribution is 2.35. The Bertz CT molecular complexity index is 1250. The van der Waals surface area contributed by atoms with Gasteiger partial charge in [-0.2, -0.15) is 5.10 Å². The molecule has 2 aliphatic heterocycles. The van der Waals surface area contributed by atoms with Gasteiger partial charge in [-0.1, -0.05) is 6.07 Å². The van der Waals surface area contributed by atoms with E-state index in [1.165, 1.54) is 0 Å². The van der Waals surface area contributed by atoms with Crippen molar-refractivity contribution in [1.29, 1.82) is 0 Å². The fraction of sp³-hybridized carbons (Fsp3) is 0.227. The van der Waals surface area contributed by atoms with Gasteiger partial charge < -0.3 is 10.6 Å². The van der Waals surface area contributed by atoms with Crippen LogP contribution in [0, 0.1) is 0 Å². The van der Waals surface area contributed by atoms with Crippen molar-refractivity contribution in [1.82, 2.24) is 25.0 Å². The lowest BCUT2D eigenvalue weighted by molar-refractivity contribution is -0.136. The number of hydrogen-bond acceptors (Lipinski definition) is 6. The fourth-order valence-corrected chi connectivity index (χ4v) is 4.32. The maximum Gasteiger partial charge on any atom is 0.255 e. The summed E-state index contributed by atoms with van der Waals surface area (Å²) in [5.41, 5.74) is 11.4. The summed E-state index contributed by atoms with van der Waals surface area (Å²) in [5.74, 6) is -0.906. The third-order valence-corrected chi connectivity index (χ3v) is 5.81. The number of nitrogens with one attached hydrogen (secondary N) is 1. The molecule has 0 aliphatic carbocycles. The van der Waals surface area contributed by atoms with Crippen molar-refractivity contribution < 1.29 is 14.4 Å². The number of carbonyl (C=O) groups excluding carboxylic acids is 3. The summed E-state index contributed by atoms with van der Waals surface area (Å²) in [6.45, 7) is 0.323. The van der Waals surface area contributed by atoms with Crippen LogP contribution in [0.4, 0.5) is 5.69 Å². The largest absolute Gasteiger partial charge is 0.397 e. The van der Waals surface area contributed by atoms with Gasteiger partial charge in [0, 0.05) is 49.1 Å². The maximum atomic E-state index is 12.9. The van der Waals surface area contributed by atoms with Crippen LogP contribution in [0.2, 0.25) is 0 Å². The number of imide groups is 1. The highest BCUT2D eigenvalue weighted by atomic mass is 16.2. The Labute approximate surface area is 177 Å². The second-order valence-corrected chi connectivity index (χ2v) is 7.81. The molecule has 1 fully saturated rings.